The number of hydrogen-bond donors (Lipinski definition) is 2. The molecule has 0 bridgehead atoms. The van der Waals surface area contributed by atoms with E-state index in [2.05, 4.69) is 35.7 Å². The number of carbonyl (C=O) groups is 1. The van der Waals surface area contributed by atoms with Crippen LogP contribution in [0.4, 0.5) is 17.1 Å². The molecule has 2 aromatic carbocycles. The van der Waals surface area contributed by atoms with Gasteiger partial charge in [-0.15, -0.1) is 0 Å². The second kappa shape index (κ2) is 9.11. The highest BCUT2D eigenvalue weighted by atomic mass is 32.2. The summed E-state index contributed by atoms with van der Waals surface area (Å²) in [6.45, 7) is 12.0. The maximum Gasteiger partial charge on any atom is 0.255 e. The topological polar surface area (TPSA) is 87.7 Å². The molecular formula is C24H33N3O4S. The van der Waals surface area contributed by atoms with Crippen LogP contribution < -0.4 is 14.9 Å². The van der Waals surface area contributed by atoms with E-state index < -0.39 is 14.8 Å². The Kier molecular flexibility index (Phi) is 6.86. The van der Waals surface area contributed by atoms with Crippen LogP contribution in [0.2, 0.25) is 0 Å². The lowest BCUT2D eigenvalue weighted by atomic mass is 10.1. The fourth-order valence-electron chi connectivity index (χ4n) is 3.50. The summed E-state index contributed by atoms with van der Waals surface area (Å²) in [5.41, 5.74) is 2.65. The molecule has 0 spiro atoms. The summed E-state index contributed by atoms with van der Waals surface area (Å²) < 4.78 is 32.1. The summed E-state index contributed by atoms with van der Waals surface area (Å²) in [6, 6.07) is 14.4. The van der Waals surface area contributed by atoms with Gasteiger partial charge in [-0.1, -0.05) is 0 Å². The quantitative estimate of drug-likeness (QED) is 0.688. The monoisotopic (exact) mass is 459 g/mol. The van der Waals surface area contributed by atoms with Crippen molar-refractivity contribution in [3.05, 3.63) is 54.1 Å². The summed E-state index contributed by atoms with van der Waals surface area (Å²) in [5.74, 6) is -0.259. The van der Waals surface area contributed by atoms with Crippen molar-refractivity contribution >= 4 is 33.0 Å². The number of anilines is 3. The molecule has 1 aliphatic rings. The molecule has 2 aromatic rings. The lowest BCUT2D eigenvalue weighted by molar-refractivity contribution is -0.0257. The minimum atomic E-state index is -3.52. The van der Waals surface area contributed by atoms with Gasteiger partial charge in [-0.2, -0.15) is 0 Å². The van der Waals surface area contributed by atoms with Gasteiger partial charge in [0.1, 0.15) is 0 Å². The molecule has 1 aliphatic heterocycles. The predicted octanol–water partition coefficient (Wildman–Crippen LogP) is 4.48. The Balaban J connectivity index is 1.65. The van der Waals surface area contributed by atoms with Crippen LogP contribution in [0, 0.1) is 0 Å². The third-order valence-electron chi connectivity index (χ3n) is 5.73. The van der Waals surface area contributed by atoms with Crippen molar-refractivity contribution in [3.8, 4) is 0 Å². The number of rotatable bonds is 5. The third-order valence-corrected chi connectivity index (χ3v) is 7.85. The maximum atomic E-state index is 12.6. The molecule has 174 valence electrons. The summed E-state index contributed by atoms with van der Waals surface area (Å²) in [6.07, 6.45) is 0.311. The first-order chi connectivity index (χ1) is 14.9. The summed E-state index contributed by atoms with van der Waals surface area (Å²) >= 11 is 0. The number of nitrogens with zero attached hydrogens (tertiary/aromatic N) is 1. The molecule has 1 amide bonds. The molecule has 0 aromatic heterocycles. The zero-order chi connectivity index (χ0) is 23.7. The molecule has 0 radical (unpaired) electrons. The van der Waals surface area contributed by atoms with Crippen molar-refractivity contribution in [2.24, 2.45) is 0 Å². The van der Waals surface area contributed by atoms with Gasteiger partial charge in [0.15, 0.2) is 0 Å². The van der Waals surface area contributed by atoms with Crippen molar-refractivity contribution in [3.63, 3.8) is 0 Å². The number of benzene rings is 2. The van der Waals surface area contributed by atoms with Gasteiger partial charge in [-0.25, -0.2) is 8.42 Å². The Labute approximate surface area is 191 Å². The standard InChI is InChI=1S/C24H33N3O4S/c1-16-15-27(17(2)18(3)31-16)22-13-11-20(12-14-22)25-23(28)19-7-9-21(10-8-19)26-32(29,30)24(4,5)6/h7-14,16-18,26H,15H2,1-6H3,(H,25,28). The second-order valence-electron chi connectivity index (χ2n) is 9.34. The van der Waals surface area contributed by atoms with Gasteiger partial charge < -0.3 is 15.0 Å². The predicted molar refractivity (Wildman–Crippen MR) is 130 cm³/mol. The van der Waals surface area contributed by atoms with Gasteiger partial charge in [0.25, 0.3) is 5.91 Å². The van der Waals surface area contributed by atoms with Crippen molar-refractivity contribution in [1.82, 2.24) is 0 Å². The second-order valence-corrected chi connectivity index (χ2v) is 11.8. The van der Waals surface area contributed by atoms with E-state index in [9.17, 15) is 13.2 Å². The van der Waals surface area contributed by atoms with E-state index in [1.807, 2.05) is 24.3 Å². The first-order valence-electron chi connectivity index (χ1n) is 10.8. The third kappa shape index (κ3) is 5.42. The minimum Gasteiger partial charge on any atom is -0.372 e. The number of amides is 1. The van der Waals surface area contributed by atoms with Crippen LogP contribution in [-0.4, -0.2) is 43.9 Å². The Bertz CT molecular complexity index is 1040. The highest BCUT2D eigenvalue weighted by molar-refractivity contribution is 7.94. The molecular weight excluding hydrogens is 426 g/mol. The Morgan fingerprint density at radius 1 is 0.969 bits per heavy atom. The Morgan fingerprint density at radius 2 is 1.53 bits per heavy atom. The number of carbonyl (C=O) groups excluding carboxylic acids is 1. The molecule has 1 fully saturated rings. The van der Waals surface area contributed by atoms with Crippen LogP contribution in [0.5, 0.6) is 0 Å². The SMILES string of the molecule is CC1CN(c2ccc(NC(=O)c3ccc(NS(=O)(=O)C(C)(C)C)cc3)cc2)C(C)C(C)O1. The molecule has 32 heavy (non-hydrogen) atoms. The van der Waals surface area contributed by atoms with Gasteiger partial charge in [-0.3, -0.25) is 9.52 Å². The van der Waals surface area contributed by atoms with Crippen LogP contribution in [0.1, 0.15) is 51.9 Å². The fraction of sp³-hybridized carbons (Fsp3) is 0.458. The maximum absolute atomic E-state index is 12.6. The lowest BCUT2D eigenvalue weighted by Crippen LogP contribution is -2.52. The van der Waals surface area contributed by atoms with Gasteiger partial charge >= 0.3 is 0 Å². The Morgan fingerprint density at radius 3 is 2.09 bits per heavy atom. The van der Waals surface area contributed by atoms with Crippen molar-refractivity contribution in [2.45, 2.75) is 64.5 Å². The number of sulfonamides is 1. The highest BCUT2D eigenvalue weighted by Crippen LogP contribution is 2.27. The van der Waals surface area contributed by atoms with E-state index in [-0.39, 0.29) is 24.2 Å². The molecule has 0 saturated carbocycles. The van der Waals surface area contributed by atoms with Crippen molar-refractivity contribution in [1.29, 1.82) is 0 Å². The highest BCUT2D eigenvalue weighted by Gasteiger charge is 2.30. The molecule has 3 rings (SSSR count). The van der Waals surface area contributed by atoms with Crippen LogP contribution in [0.3, 0.4) is 0 Å². The molecule has 2 N–H and O–H groups in total. The van der Waals surface area contributed by atoms with Gasteiger partial charge in [0.2, 0.25) is 10.0 Å². The Hall–Kier alpha value is -2.58. The summed E-state index contributed by atoms with van der Waals surface area (Å²) in [4.78, 5) is 14.9. The minimum absolute atomic E-state index is 0.147. The van der Waals surface area contributed by atoms with E-state index in [0.717, 1.165) is 12.2 Å². The largest absolute Gasteiger partial charge is 0.372 e. The molecule has 8 heteroatoms. The lowest BCUT2D eigenvalue weighted by Gasteiger charge is -2.42. The first kappa shape index (κ1) is 24.1. The van der Waals surface area contributed by atoms with Crippen molar-refractivity contribution < 1.29 is 17.9 Å². The molecule has 7 nitrogen and oxygen atoms in total. The van der Waals surface area contributed by atoms with Crippen molar-refractivity contribution in [2.75, 3.05) is 21.5 Å². The fourth-order valence-corrected chi connectivity index (χ4v) is 4.25. The summed E-state index contributed by atoms with van der Waals surface area (Å²) in [5, 5.41) is 2.89. The molecule has 1 heterocycles. The van der Waals surface area contributed by atoms with Crippen LogP contribution >= 0.6 is 0 Å². The molecule has 0 aliphatic carbocycles. The number of ether oxygens (including phenoxy) is 1. The zero-order valence-corrected chi connectivity index (χ0v) is 20.4. The van der Waals surface area contributed by atoms with Gasteiger partial charge in [0, 0.05) is 29.2 Å². The number of nitrogens with one attached hydrogen (secondary N) is 2. The van der Waals surface area contributed by atoms with E-state index in [1.165, 1.54) is 0 Å². The van der Waals surface area contributed by atoms with Gasteiger partial charge in [-0.05, 0) is 90.1 Å². The number of morpholine rings is 1. The molecule has 3 unspecified atom stereocenters. The average Bonchev–Trinajstić information content (AvgIpc) is 2.70. The van der Waals surface area contributed by atoms with Crippen LogP contribution in [-0.2, 0) is 14.8 Å². The van der Waals surface area contributed by atoms with E-state index in [0.29, 0.717) is 16.9 Å². The van der Waals surface area contributed by atoms with Crippen LogP contribution in [0.15, 0.2) is 48.5 Å². The molecule has 1 saturated heterocycles. The zero-order valence-electron chi connectivity index (χ0n) is 19.5. The smallest absolute Gasteiger partial charge is 0.255 e. The number of hydrogen-bond acceptors (Lipinski definition) is 5. The van der Waals surface area contributed by atoms with E-state index in [1.54, 1.807) is 45.0 Å². The van der Waals surface area contributed by atoms with E-state index >= 15 is 0 Å². The van der Waals surface area contributed by atoms with E-state index in [4.69, 9.17) is 4.74 Å². The summed E-state index contributed by atoms with van der Waals surface area (Å²) in [7, 11) is -3.52. The first-order valence-corrected chi connectivity index (χ1v) is 12.3. The molecule has 3 atom stereocenters. The average molecular weight is 460 g/mol. The van der Waals surface area contributed by atoms with Gasteiger partial charge in [0.05, 0.1) is 23.0 Å². The van der Waals surface area contributed by atoms with Crippen LogP contribution in [0.25, 0.3) is 0 Å². The normalized spacial score (nSPS) is 21.8.